The molecule has 4 aromatic rings. The number of halogens is 1. The minimum absolute atomic E-state index is 0.145. The fourth-order valence-electron chi connectivity index (χ4n) is 4.06. The van der Waals surface area contributed by atoms with E-state index in [-0.39, 0.29) is 5.88 Å². The molecule has 34 heavy (non-hydrogen) atoms. The largest absolute Gasteiger partial charge is 0.435 e. The summed E-state index contributed by atoms with van der Waals surface area (Å²) >= 11 is 1.41. The van der Waals surface area contributed by atoms with E-state index in [0.717, 1.165) is 5.56 Å². The van der Waals surface area contributed by atoms with Crippen LogP contribution in [0.1, 0.15) is 16.7 Å². The lowest BCUT2D eigenvalue weighted by Crippen LogP contribution is -2.47. The van der Waals surface area contributed by atoms with Crippen LogP contribution in [-0.4, -0.2) is 21.1 Å². The molecule has 0 unspecified atom stereocenters. The Hall–Kier alpha value is -3.98. The normalized spacial score (nSPS) is 17.6. The third kappa shape index (κ3) is 3.36. The SMILES string of the molecule is Cc1ccc(CSc2nnc3c(n2)O[C@@]2(Nc4ccccc4-3)C(=O)Nc3ccc(F)cc32)cc1. The molecular weight excluding hydrogens is 453 g/mol. The quantitative estimate of drug-likeness (QED) is 0.411. The highest BCUT2D eigenvalue weighted by Crippen LogP contribution is 2.46. The zero-order valence-corrected chi connectivity index (χ0v) is 18.8. The summed E-state index contributed by atoms with van der Waals surface area (Å²) in [7, 11) is 0. The summed E-state index contributed by atoms with van der Waals surface area (Å²) in [6, 6.07) is 19.6. The topological polar surface area (TPSA) is 89.0 Å². The maximum absolute atomic E-state index is 14.2. The molecule has 0 radical (unpaired) electrons. The molecule has 0 saturated carbocycles. The van der Waals surface area contributed by atoms with Crippen molar-refractivity contribution < 1.29 is 13.9 Å². The van der Waals surface area contributed by atoms with Crippen LogP contribution >= 0.6 is 11.8 Å². The number of nitrogens with zero attached hydrogens (tertiary/aromatic N) is 3. The van der Waals surface area contributed by atoms with Crippen LogP contribution in [0.15, 0.2) is 71.9 Å². The average Bonchev–Trinajstić information content (AvgIpc) is 3.00. The van der Waals surface area contributed by atoms with Gasteiger partial charge in [-0.3, -0.25) is 4.79 Å². The van der Waals surface area contributed by atoms with Crippen LogP contribution in [0.4, 0.5) is 15.8 Å². The molecule has 1 atom stereocenters. The maximum Gasteiger partial charge on any atom is 0.295 e. The number of hydrogen-bond acceptors (Lipinski definition) is 7. The lowest BCUT2D eigenvalue weighted by atomic mass is 10.0. The lowest BCUT2D eigenvalue weighted by molar-refractivity contribution is -0.128. The summed E-state index contributed by atoms with van der Waals surface area (Å²) in [5.41, 5.74) is 3.10. The van der Waals surface area contributed by atoms with Crippen molar-refractivity contribution >= 4 is 29.0 Å². The smallest absolute Gasteiger partial charge is 0.295 e. The first-order chi connectivity index (χ1) is 16.5. The molecule has 0 bridgehead atoms. The Morgan fingerprint density at radius 1 is 1.03 bits per heavy atom. The number of hydrogen-bond donors (Lipinski definition) is 2. The van der Waals surface area contributed by atoms with Crippen LogP contribution in [-0.2, 0) is 16.3 Å². The number of carbonyl (C=O) groups is 1. The number of nitrogens with one attached hydrogen (secondary N) is 2. The van der Waals surface area contributed by atoms with Gasteiger partial charge in [0, 0.05) is 17.0 Å². The molecule has 0 saturated heterocycles. The van der Waals surface area contributed by atoms with E-state index < -0.39 is 17.4 Å². The Kier molecular flexibility index (Phi) is 4.73. The number of fused-ring (bicyclic) bond motifs is 5. The maximum atomic E-state index is 14.2. The van der Waals surface area contributed by atoms with Gasteiger partial charge in [-0.1, -0.05) is 59.8 Å². The number of anilines is 2. The van der Waals surface area contributed by atoms with Gasteiger partial charge in [0.25, 0.3) is 11.6 Å². The third-order valence-corrected chi connectivity index (χ3v) is 6.70. The molecular formula is C25H18FN5O2S. The molecule has 1 aromatic heterocycles. The first-order valence-corrected chi connectivity index (χ1v) is 11.6. The molecule has 1 amide bonds. The molecule has 0 aliphatic carbocycles. The van der Waals surface area contributed by atoms with E-state index in [9.17, 15) is 9.18 Å². The Bertz CT molecular complexity index is 1450. The highest BCUT2D eigenvalue weighted by molar-refractivity contribution is 7.98. The predicted octanol–water partition coefficient (Wildman–Crippen LogP) is 4.89. The molecule has 2 aliphatic rings. The second-order valence-electron chi connectivity index (χ2n) is 8.12. The summed E-state index contributed by atoms with van der Waals surface area (Å²) in [5, 5.41) is 15.1. The zero-order chi connectivity index (χ0) is 23.3. The Morgan fingerprint density at radius 2 is 1.85 bits per heavy atom. The number of ether oxygens (including phenoxy) is 1. The number of aryl methyl sites for hydroxylation is 1. The summed E-state index contributed by atoms with van der Waals surface area (Å²) in [6.07, 6.45) is 0. The van der Waals surface area contributed by atoms with Crippen molar-refractivity contribution in [3.63, 3.8) is 0 Å². The highest BCUT2D eigenvalue weighted by Gasteiger charge is 2.52. The van der Waals surface area contributed by atoms with Crippen LogP contribution in [0.25, 0.3) is 11.3 Å². The van der Waals surface area contributed by atoms with Crippen LogP contribution < -0.4 is 15.4 Å². The molecule has 3 heterocycles. The fourth-order valence-corrected chi connectivity index (χ4v) is 4.80. The standard InChI is InChI=1S/C25H18FN5O2S/c1-14-6-8-15(9-7-14)13-34-24-28-22-21(30-31-24)17-4-2-3-5-19(17)29-25(33-22)18-12-16(26)10-11-20(18)27-23(25)32/h2-12,29H,13H2,1H3,(H,27,32)/t25-/m1/s1. The van der Waals surface area contributed by atoms with E-state index in [1.54, 1.807) is 0 Å². The Labute approximate surface area is 198 Å². The second kappa shape index (κ2) is 7.81. The number of para-hydroxylation sites is 1. The monoisotopic (exact) mass is 471 g/mol. The molecule has 0 fully saturated rings. The van der Waals surface area contributed by atoms with Gasteiger partial charge in [-0.05, 0) is 36.8 Å². The van der Waals surface area contributed by atoms with Crippen LogP contribution in [0.3, 0.4) is 0 Å². The molecule has 2 N–H and O–H groups in total. The number of rotatable bonds is 3. The number of carbonyl (C=O) groups excluding carboxylic acids is 1. The first kappa shape index (κ1) is 20.6. The van der Waals surface area contributed by atoms with Gasteiger partial charge in [0.05, 0.1) is 11.3 Å². The fraction of sp³-hybridized carbons (Fsp3) is 0.120. The Balaban J connectivity index is 1.44. The molecule has 6 rings (SSSR count). The minimum Gasteiger partial charge on any atom is -0.435 e. The van der Waals surface area contributed by atoms with Gasteiger partial charge in [0.2, 0.25) is 11.0 Å². The van der Waals surface area contributed by atoms with Gasteiger partial charge in [0.1, 0.15) is 5.82 Å². The van der Waals surface area contributed by atoms with Crippen molar-refractivity contribution in [2.24, 2.45) is 0 Å². The Morgan fingerprint density at radius 3 is 2.71 bits per heavy atom. The number of benzene rings is 3. The van der Waals surface area contributed by atoms with E-state index in [0.29, 0.717) is 39.1 Å². The summed E-state index contributed by atoms with van der Waals surface area (Å²) in [6.45, 7) is 2.04. The van der Waals surface area contributed by atoms with Crippen molar-refractivity contribution in [1.82, 2.24) is 15.2 Å². The molecule has 7 nitrogen and oxygen atoms in total. The van der Waals surface area contributed by atoms with E-state index in [1.165, 1.54) is 35.5 Å². The molecule has 168 valence electrons. The summed E-state index contributed by atoms with van der Waals surface area (Å²) in [4.78, 5) is 17.8. The first-order valence-electron chi connectivity index (χ1n) is 10.6. The van der Waals surface area contributed by atoms with Crippen molar-refractivity contribution in [2.45, 2.75) is 23.6 Å². The predicted molar refractivity (Wildman–Crippen MR) is 127 cm³/mol. The van der Waals surface area contributed by atoms with Crippen molar-refractivity contribution in [2.75, 3.05) is 10.6 Å². The van der Waals surface area contributed by atoms with E-state index >= 15 is 0 Å². The van der Waals surface area contributed by atoms with Crippen molar-refractivity contribution in [1.29, 1.82) is 0 Å². The third-order valence-electron chi connectivity index (χ3n) is 5.80. The van der Waals surface area contributed by atoms with E-state index in [2.05, 4.69) is 50.1 Å². The van der Waals surface area contributed by atoms with Crippen LogP contribution in [0.2, 0.25) is 0 Å². The molecule has 9 heteroatoms. The van der Waals surface area contributed by atoms with Gasteiger partial charge in [0.15, 0.2) is 5.69 Å². The van der Waals surface area contributed by atoms with Gasteiger partial charge in [-0.2, -0.15) is 4.98 Å². The molecule has 2 aliphatic heterocycles. The average molecular weight is 472 g/mol. The highest BCUT2D eigenvalue weighted by atomic mass is 32.2. The van der Waals surface area contributed by atoms with E-state index in [1.807, 2.05) is 31.2 Å². The summed E-state index contributed by atoms with van der Waals surface area (Å²) < 4.78 is 20.5. The van der Waals surface area contributed by atoms with Gasteiger partial charge < -0.3 is 15.4 Å². The second-order valence-corrected chi connectivity index (χ2v) is 9.06. The van der Waals surface area contributed by atoms with E-state index in [4.69, 9.17) is 4.74 Å². The van der Waals surface area contributed by atoms with Gasteiger partial charge >= 0.3 is 0 Å². The number of thioether (sulfide) groups is 1. The number of aromatic nitrogens is 3. The van der Waals surface area contributed by atoms with Crippen molar-refractivity contribution in [3.8, 4) is 17.1 Å². The minimum atomic E-state index is -1.70. The number of amides is 1. The van der Waals surface area contributed by atoms with Crippen LogP contribution in [0, 0.1) is 12.7 Å². The van der Waals surface area contributed by atoms with Crippen LogP contribution in [0.5, 0.6) is 5.88 Å². The van der Waals surface area contributed by atoms with Gasteiger partial charge in [-0.15, -0.1) is 10.2 Å². The molecule has 1 spiro atoms. The van der Waals surface area contributed by atoms with Crippen molar-refractivity contribution in [3.05, 3.63) is 89.2 Å². The molecule has 3 aromatic carbocycles. The van der Waals surface area contributed by atoms with Gasteiger partial charge in [-0.25, -0.2) is 4.39 Å². The lowest BCUT2D eigenvalue weighted by Gasteiger charge is -2.28. The summed E-state index contributed by atoms with van der Waals surface area (Å²) in [5.74, 6) is -0.155. The zero-order valence-electron chi connectivity index (χ0n) is 18.0.